The molecule has 1 saturated heterocycles. The van der Waals surface area contributed by atoms with Gasteiger partial charge in [0, 0.05) is 42.8 Å². The van der Waals surface area contributed by atoms with Crippen molar-refractivity contribution >= 4 is 46.4 Å². The van der Waals surface area contributed by atoms with Gasteiger partial charge >= 0.3 is 0 Å². The Morgan fingerprint density at radius 3 is 2.73 bits per heavy atom. The minimum atomic E-state index is -0.483. The molecule has 0 radical (unpaired) electrons. The third kappa shape index (κ3) is 3.73. The van der Waals surface area contributed by atoms with E-state index >= 15 is 0 Å². The smallest absolute Gasteiger partial charge is 0.229 e. The molecule has 2 aliphatic rings. The number of benzene rings is 2. The van der Waals surface area contributed by atoms with E-state index in [1.165, 1.54) is 7.11 Å². The van der Waals surface area contributed by atoms with Gasteiger partial charge in [-0.15, -0.1) is 0 Å². The van der Waals surface area contributed by atoms with Crippen LogP contribution in [0.15, 0.2) is 36.4 Å². The van der Waals surface area contributed by atoms with Gasteiger partial charge in [0.25, 0.3) is 0 Å². The van der Waals surface area contributed by atoms with Crippen LogP contribution in [0.5, 0.6) is 5.75 Å². The molecule has 8 heteroatoms. The van der Waals surface area contributed by atoms with Crippen LogP contribution in [-0.4, -0.2) is 37.9 Å². The summed E-state index contributed by atoms with van der Waals surface area (Å²) >= 11 is 6.03. The predicted molar refractivity (Wildman–Crippen MR) is 115 cm³/mol. The Balaban J connectivity index is 1.49. The fourth-order valence-corrected chi connectivity index (χ4v) is 4.20. The molecule has 0 saturated carbocycles. The lowest BCUT2D eigenvalue weighted by atomic mass is 10.1. The van der Waals surface area contributed by atoms with Crippen molar-refractivity contribution in [1.82, 2.24) is 0 Å². The van der Waals surface area contributed by atoms with Crippen LogP contribution in [-0.2, 0) is 20.8 Å². The number of rotatable bonds is 4. The number of amides is 3. The number of fused-ring (bicyclic) bond motifs is 1. The number of hydrogen-bond donors (Lipinski definition) is 1. The van der Waals surface area contributed by atoms with E-state index in [9.17, 15) is 14.4 Å². The van der Waals surface area contributed by atoms with Crippen molar-refractivity contribution in [3.63, 3.8) is 0 Å². The normalized spacial score (nSPS) is 17.8. The van der Waals surface area contributed by atoms with Crippen LogP contribution in [0.25, 0.3) is 0 Å². The van der Waals surface area contributed by atoms with E-state index in [-0.39, 0.29) is 24.1 Å². The highest BCUT2D eigenvalue weighted by atomic mass is 35.5. The van der Waals surface area contributed by atoms with E-state index in [1.807, 2.05) is 18.2 Å². The number of ether oxygens (including phenoxy) is 1. The summed E-state index contributed by atoms with van der Waals surface area (Å²) in [7, 11) is 1.51. The maximum Gasteiger partial charge on any atom is 0.229 e. The largest absolute Gasteiger partial charge is 0.495 e. The summed E-state index contributed by atoms with van der Waals surface area (Å²) in [5.74, 6) is -0.331. The minimum absolute atomic E-state index is 0.00641. The first-order chi connectivity index (χ1) is 14.4. The summed E-state index contributed by atoms with van der Waals surface area (Å²) in [5, 5.41) is 3.30. The van der Waals surface area contributed by atoms with E-state index in [1.54, 1.807) is 34.9 Å². The molecule has 1 unspecified atom stereocenters. The fraction of sp³-hybridized carbons (Fsp3) is 0.318. The number of nitrogens with one attached hydrogen (secondary N) is 1. The molecule has 2 heterocycles. The summed E-state index contributed by atoms with van der Waals surface area (Å²) in [6, 6.07) is 10.6. The summed E-state index contributed by atoms with van der Waals surface area (Å²) < 4.78 is 5.26. The summed E-state index contributed by atoms with van der Waals surface area (Å²) in [5.41, 5.74) is 3.15. The Hall–Kier alpha value is -3.06. The first kappa shape index (κ1) is 20.2. The molecule has 156 valence electrons. The minimum Gasteiger partial charge on any atom is -0.495 e. The van der Waals surface area contributed by atoms with Crippen LogP contribution in [0.1, 0.15) is 18.9 Å². The molecule has 0 aromatic heterocycles. The Bertz CT molecular complexity index is 1040. The number of carbonyl (C=O) groups excluding carboxylic acids is 3. The Morgan fingerprint density at radius 1 is 1.20 bits per heavy atom. The van der Waals surface area contributed by atoms with Gasteiger partial charge in [0.05, 0.1) is 18.7 Å². The highest BCUT2D eigenvalue weighted by Gasteiger charge is 2.36. The third-order valence-electron chi connectivity index (χ3n) is 5.57. The van der Waals surface area contributed by atoms with Gasteiger partial charge < -0.3 is 19.9 Å². The van der Waals surface area contributed by atoms with Crippen LogP contribution in [0, 0.1) is 5.92 Å². The number of halogens is 1. The van der Waals surface area contributed by atoms with Crippen molar-refractivity contribution in [2.24, 2.45) is 5.92 Å². The van der Waals surface area contributed by atoms with Gasteiger partial charge in [-0.3, -0.25) is 14.4 Å². The first-order valence-corrected chi connectivity index (χ1v) is 10.1. The zero-order chi connectivity index (χ0) is 21.4. The van der Waals surface area contributed by atoms with Gasteiger partial charge in [-0.05, 0) is 48.4 Å². The van der Waals surface area contributed by atoms with E-state index in [0.29, 0.717) is 29.5 Å². The molecule has 7 nitrogen and oxygen atoms in total. The second-order valence-corrected chi connectivity index (χ2v) is 7.91. The highest BCUT2D eigenvalue weighted by molar-refractivity contribution is 6.31. The van der Waals surface area contributed by atoms with Gasteiger partial charge in [0.15, 0.2) is 0 Å². The Morgan fingerprint density at radius 2 is 2.00 bits per heavy atom. The molecule has 1 atom stereocenters. The molecule has 1 N–H and O–H groups in total. The lowest BCUT2D eigenvalue weighted by Crippen LogP contribution is -2.28. The molecule has 1 fully saturated rings. The lowest BCUT2D eigenvalue weighted by Gasteiger charge is -2.19. The SMILES string of the molecule is COc1ccc(Cl)cc1NC(=O)C1CC(=O)N(c2ccc3c(c2)CCN3C(C)=O)C1. The fourth-order valence-electron chi connectivity index (χ4n) is 4.03. The maximum atomic E-state index is 12.8. The molecule has 3 amide bonds. The van der Waals surface area contributed by atoms with Gasteiger partial charge in [-0.25, -0.2) is 0 Å². The average molecular weight is 428 g/mol. The zero-order valence-electron chi connectivity index (χ0n) is 16.8. The van der Waals surface area contributed by atoms with E-state index in [0.717, 1.165) is 23.4 Å². The van der Waals surface area contributed by atoms with Crippen LogP contribution >= 0.6 is 11.6 Å². The average Bonchev–Trinajstić information content (AvgIpc) is 3.31. The van der Waals surface area contributed by atoms with Gasteiger partial charge in [-0.1, -0.05) is 11.6 Å². The highest BCUT2D eigenvalue weighted by Crippen LogP contribution is 2.35. The van der Waals surface area contributed by atoms with Crippen molar-refractivity contribution in [3.05, 3.63) is 47.0 Å². The van der Waals surface area contributed by atoms with E-state index < -0.39 is 5.92 Å². The van der Waals surface area contributed by atoms with E-state index in [2.05, 4.69) is 5.32 Å². The molecule has 0 bridgehead atoms. The van der Waals surface area contributed by atoms with Crippen molar-refractivity contribution in [2.75, 3.05) is 35.3 Å². The van der Waals surface area contributed by atoms with Crippen LogP contribution in [0.3, 0.4) is 0 Å². The summed E-state index contributed by atoms with van der Waals surface area (Å²) in [4.78, 5) is 40.5. The molecule has 2 aromatic rings. The van der Waals surface area contributed by atoms with Crippen LogP contribution in [0.4, 0.5) is 17.1 Å². The second-order valence-electron chi connectivity index (χ2n) is 7.47. The topological polar surface area (TPSA) is 79.0 Å². The molecule has 30 heavy (non-hydrogen) atoms. The third-order valence-corrected chi connectivity index (χ3v) is 5.80. The zero-order valence-corrected chi connectivity index (χ0v) is 17.5. The number of anilines is 3. The predicted octanol–water partition coefficient (Wildman–Crippen LogP) is 3.25. The van der Waals surface area contributed by atoms with Crippen LogP contribution < -0.4 is 19.9 Å². The number of nitrogens with zero attached hydrogens (tertiary/aromatic N) is 2. The Kier molecular flexibility index (Phi) is 5.39. The molecule has 2 aliphatic heterocycles. The molecule has 2 aromatic carbocycles. The molecular formula is C22H22ClN3O4. The monoisotopic (exact) mass is 427 g/mol. The number of methoxy groups -OCH3 is 1. The molecular weight excluding hydrogens is 406 g/mol. The van der Waals surface area contributed by atoms with Gasteiger partial charge in [-0.2, -0.15) is 0 Å². The lowest BCUT2D eigenvalue weighted by molar-refractivity contribution is -0.122. The van der Waals surface area contributed by atoms with Crippen molar-refractivity contribution in [1.29, 1.82) is 0 Å². The standard InChI is InChI=1S/C22H22ClN3O4/c1-13(27)25-8-7-14-9-17(4-5-19(14)25)26-12-15(10-21(26)28)22(29)24-18-11-16(23)3-6-20(18)30-2/h3-6,9,11,15H,7-8,10,12H2,1-2H3,(H,24,29). The summed E-state index contributed by atoms with van der Waals surface area (Å²) in [6.07, 6.45) is 0.884. The maximum absolute atomic E-state index is 12.8. The molecule has 0 spiro atoms. The van der Waals surface area contributed by atoms with Crippen molar-refractivity contribution in [2.45, 2.75) is 19.8 Å². The number of hydrogen-bond acceptors (Lipinski definition) is 4. The second kappa shape index (κ2) is 7.99. The summed E-state index contributed by atoms with van der Waals surface area (Å²) in [6.45, 7) is 2.49. The van der Waals surface area contributed by atoms with Crippen molar-refractivity contribution in [3.8, 4) is 5.75 Å². The van der Waals surface area contributed by atoms with Crippen molar-refractivity contribution < 1.29 is 19.1 Å². The number of carbonyl (C=O) groups is 3. The Labute approximate surface area is 179 Å². The molecule has 4 rings (SSSR count). The van der Waals surface area contributed by atoms with E-state index in [4.69, 9.17) is 16.3 Å². The van der Waals surface area contributed by atoms with Crippen LogP contribution in [0.2, 0.25) is 5.02 Å². The molecule has 0 aliphatic carbocycles. The van der Waals surface area contributed by atoms with Gasteiger partial charge in [0.1, 0.15) is 5.75 Å². The van der Waals surface area contributed by atoms with Gasteiger partial charge in [0.2, 0.25) is 17.7 Å². The quantitative estimate of drug-likeness (QED) is 0.812. The first-order valence-electron chi connectivity index (χ1n) is 9.73.